The van der Waals surface area contributed by atoms with E-state index in [0.717, 1.165) is 5.56 Å². The average Bonchev–Trinajstić information content (AvgIpc) is 2.44. The third kappa shape index (κ3) is 4.05. The molecule has 0 fully saturated rings. The highest BCUT2D eigenvalue weighted by Gasteiger charge is 2.41. The summed E-state index contributed by atoms with van der Waals surface area (Å²) in [4.78, 5) is 12.5. The van der Waals surface area contributed by atoms with Crippen LogP contribution < -0.4 is 5.32 Å². The molecule has 4 heteroatoms. The first-order chi connectivity index (χ1) is 9.56. The molecule has 1 aromatic rings. The Morgan fingerprint density at radius 3 is 2.40 bits per heavy atom. The number of esters is 1. The quantitative estimate of drug-likeness (QED) is 0.743. The third-order valence-electron chi connectivity index (χ3n) is 3.00. The lowest BCUT2D eigenvalue weighted by Gasteiger charge is -2.33. The summed E-state index contributed by atoms with van der Waals surface area (Å²) < 4.78 is 11.0. The Balaban J connectivity index is 3.15. The van der Waals surface area contributed by atoms with Crippen molar-refractivity contribution in [1.82, 2.24) is 5.32 Å². The van der Waals surface area contributed by atoms with Gasteiger partial charge in [0, 0.05) is 0 Å². The van der Waals surface area contributed by atoms with Gasteiger partial charge in [0.15, 0.2) is 5.54 Å². The zero-order valence-corrected chi connectivity index (χ0v) is 12.8. The summed E-state index contributed by atoms with van der Waals surface area (Å²) >= 11 is 0. The molecule has 0 radical (unpaired) electrons. The molecular formula is C16H25NO3. The normalized spacial score (nSPS) is 14.1. The number of hydrogen-bond acceptors (Lipinski definition) is 4. The fourth-order valence-electron chi connectivity index (χ4n) is 2.06. The van der Waals surface area contributed by atoms with Gasteiger partial charge in [-0.25, -0.2) is 4.79 Å². The van der Waals surface area contributed by atoms with E-state index < -0.39 is 5.54 Å². The van der Waals surface area contributed by atoms with E-state index in [0.29, 0.717) is 13.2 Å². The van der Waals surface area contributed by atoms with Gasteiger partial charge in [0.05, 0.1) is 19.3 Å². The number of hydrogen-bond donors (Lipinski definition) is 1. The minimum atomic E-state index is -0.948. The second-order valence-electron chi connectivity index (χ2n) is 4.88. The Labute approximate surface area is 121 Å². The van der Waals surface area contributed by atoms with Crippen LogP contribution in [0.2, 0.25) is 0 Å². The number of nitrogens with one attached hydrogen (secondary N) is 1. The van der Waals surface area contributed by atoms with Crippen LogP contribution in [0.15, 0.2) is 30.3 Å². The second-order valence-corrected chi connectivity index (χ2v) is 4.88. The number of benzene rings is 1. The summed E-state index contributed by atoms with van der Waals surface area (Å²) in [5.74, 6) is -0.297. The Bertz CT molecular complexity index is 405. The topological polar surface area (TPSA) is 47.6 Å². The molecule has 0 spiro atoms. The number of rotatable bonds is 8. The molecule has 1 rings (SSSR count). The van der Waals surface area contributed by atoms with Crippen molar-refractivity contribution in [2.75, 3.05) is 19.8 Å². The lowest BCUT2D eigenvalue weighted by atomic mass is 9.90. The molecule has 0 aliphatic rings. The van der Waals surface area contributed by atoms with E-state index in [1.807, 2.05) is 58.0 Å². The summed E-state index contributed by atoms with van der Waals surface area (Å²) in [6.45, 7) is 8.92. The average molecular weight is 279 g/mol. The van der Waals surface area contributed by atoms with Crippen LogP contribution in [0.25, 0.3) is 0 Å². The predicted octanol–water partition coefficient (Wildman–Crippen LogP) is 2.48. The van der Waals surface area contributed by atoms with E-state index in [2.05, 4.69) is 5.32 Å². The van der Waals surface area contributed by atoms with E-state index in [1.165, 1.54) is 0 Å². The Hall–Kier alpha value is -1.39. The van der Waals surface area contributed by atoms with Crippen LogP contribution >= 0.6 is 0 Å². The van der Waals surface area contributed by atoms with Crippen molar-refractivity contribution in [3.63, 3.8) is 0 Å². The van der Waals surface area contributed by atoms with Gasteiger partial charge in [-0.2, -0.15) is 0 Å². The molecule has 0 saturated carbocycles. The van der Waals surface area contributed by atoms with Gasteiger partial charge in [-0.15, -0.1) is 0 Å². The molecule has 0 saturated heterocycles. The van der Waals surface area contributed by atoms with E-state index in [-0.39, 0.29) is 18.7 Å². The van der Waals surface area contributed by atoms with Gasteiger partial charge in [-0.1, -0.05) is 37.3 Å². The zero-order chi connectivity index (χ0) is 15.0. The molecule has 1 N–H and O–H groups in total. The summed E-state index contributed by atoms with van der Waals surface area (Å²) in [5, 5.41) is 3.25. The molecule has 0 aliphatic heterocycles. The summed E-state index contributed by atoms with van der Waals surface area (Å²) in [6, 6.07) is 9.59. The van der Waals surface area contributed by atoms with E-state index >= 15 is 0 Å². The standard InChI is InChI=1S/C16H25NO3/c1-5-17-16(12-20-13(3)4,15(18)19-6-2)14-10-8-7-9-11-14/h7-11,13,17H,5-6,12H2,1-4H3. The van der Waals surface area contributed by atoms with Crippen LogP contribution in [0.4, 0.5) is 0 Å². The number of carbonyl (C=O) groups excluding carboxylic acids is 1. The molecule has 0 heterocycles. The van der Waals surface area contributed by atoms with E-state index in [1.54, 1.807) is 0 Å². The first kappa shape index (κ1) is 16.7. The maximum absolute atomic E-state index is 12.5. The van der Waals surface area contributed by atoms with Crippen LogP contribution in [0.3, 0.4) is 0 Å². The summed E-state index contributed by atoms with van der Waals surface area (Å²) in [7, 11) is 0. The van der Waals surface area contributed by atoms with Crippen LogP contribution in [-0.2, 0) is 19.8 Å². The smallest absolute Gasteiger partial charge is 0.333 e. The van der Waals surface area contributed by atoms with Crippen molar-refractivity contribution in [2.24, 2.45) is 0 Å². The number of carbonyl (C=O) groups is 1. The molecule has 0 bridgehead atoms. The minimum absolute atomic E-state index is 0.0474. The molecule has 112 valence electrons. The van der Waals surface area contributed by atoms with E-state index in [9.17, 15) is 4.79 Å². The molecule has 1 atom stereocenters. The number of ether oxygens (including phenoxy) is 2. The van der Waals surface area contributed by atoms with Crippen molar-refractivity contribution in [3.05, 3.63) is 35.9 Å². The van der Waals surface area contributed by atoms with Gasteiger partial charge in [0.2, 0.25) is 0 Å². The SMILES string of the molecule is CCNC(COC(C)C)(C(=O)OCC)c1ccccc1. The predicted molar refractivity (Wildman–Crippen MR) is 79.5 cm³/mol. The lowest BCUT2D eigenvalue weighted by Crippen LogP contribution is -2.54. The maximum Gasteiger partial charge on any atom is 0.333 e. The Kier molecular flexibility index (Phi) is 6.68. The highest BCUT2D eigenvalue weighted by molar-refractivity contribution is 5.83. The molecule has 0 aliphatic carbocycles. The van der Waals surface area contributed by atoms with Crippen molar-refractivity contribution in [2.45, 2.75) is 39.3 Å². The fraction of sp³-hybridized carbons (Fsp3) is 0.562. The van der Waals surface area contributed by atoms with Crippen LogP contribution in [0.5, 0.6) is 0 Å². The molecule has 20 heavy (non-hydrogen) atoms. The molecule has 4 nitrogen and oxygen atoms in total. The van der Waals surface area contributed by atoms with Crippen molar-refractivity contribution in [1.29, 1.82) is 0 Å². The summed E-state index contributed by atoms with van der Waals surface area (Å²) in [5.41, 5.74) is -0.0861. The third-order valence-corrected chi connectivity index (χ3v) is 3.00. The zero-order valence-electron chi connectivity index (χ0n) is 12.8. The minimum Gasteiger partial charge on any atom is -0.464 e. The van der Waals surface area contributed by atoms with Crippen LogP contribution in [-0.4, -0.2) is 31.8 Å². The number of likely N-dealkylation sites (N-methyl/N-ethyl adjacent to an activating group) is 1. The molecular weight excluding hydrogens is 254 g/mol. The molecule has 1 unspecified atom stereocenters. The first-order valence-corrected chi connectivity index (χ1v) is 7.16. The van der Waals surface area contributed by atoms with Gasteiger partial charge in [0.1, 0.15) is 0 Å². The Morgan fingerprint density at radius 2 is 1.90 bits per heavy atom. The second kappa shape index (κ2) is 8.02. The maximum atomic E-state index is 12.5. The van der Waals surface area contributed by atoms with Gasteiger partial charge >= 0.3 is 5.97 Å². The van der Waals surface area contributed by atoms with Crippen molar-refractivity contribution in [3.8, 4) is 0 Å². The van der Waals surface area contributed by atoms with Crippen molar-refractivity contribution >= 4 is 5.97 Å². The van der Waals surface area contributed by atoms with Gasteiger partial charge < -0.3 is 9.47 Å². The molecule has 0 aromatic heterocycles. The molecule has 1 aromatic carbocycles. The monoisotopic (exact) mass is 279 g/mol. The fourth-order valence-corrected chi connectivity index (χ4v) is 2.06. The van der Waals surface area contributed by atoms with Gasteiger partial charge in [-0.05, 0) is 32.9 Å². The summed E-state index contributed by atoms with van der Waals surface area (Å²) in [6.07, 6.45) is 0.0474. The molecule has 0 amide bonds. The Morgan fingerprint density at radius 1 is 1.25 bits per heavy atom. The first-order valence-electron chi connectivity index (χ1n) is 7.16. The highest BCUT2D eigenvalue weighted by Crippen LogP contribution is 2.24. The largest absolute Gasteiger partial charge is 0.464 e. The van der Waals surface area contributed by atoms with Gasteiger partial charge in [0.25, 0.3) is 0 Å². The highest BCUT2D eigenvalue weighted by atomic mass is 16.5. The van der Waals surface area contributed by atoms with Crippen LogP contribution in [0.1, 0.15) is 33.3 Å². The van der Waals surface area contributed by atoms with E-state index in [4.69, 9.17) is 9.47 Å². The van der Waals surface area contributed by atoms with Crippen LogP contribution in [0, 0.1) is 0 Å². The van der Waals surface area contributed by atoms with Gasteiger partial charge in [-0.3, -0.25) is 5.32 Å². The van der Waals surface area contributed by atoms with Crippen molar-refractivity contribution < 1.29 is 14.3 Å². The lowest BCUT2D eigenvalue weighted by molar-refractivity contribution is -0.155.